The van der Waals surface area contributed by atoms with Crippen LogP contribution >= 0.6 is 23.4 Å². The summed E-state index contributed by atoms with van der Waals surface area (Å²) < 4.78 is 19.7. The summed E-state index contributed by atoms with van der Waals surface area (Å²) in [6.45, 7) is 4.34. The first-order chi connectivity index (χ1) is 13.8. The molecule has 29 heavy (non-hydrogen) atoms. The van der Waals surface area contributed by atoms with E-state index in [0.29, 0.717) is 17.5 Å². The minimum Gasteiger partial charge on any atom is -0.487 e. The van der Waals surface area contributed by atoms with Crippen LogP contribution in [-0.4, -0.2) is 16.2 Å². The lowest BCUT2D eigenvalue weighted by Crippen LogP contribution is -2.19. The summed E-state index contributed by atoms with van der Waals surface area (Å²) >= 11 is 7.46. The number of ether oxygens (including phenoxy) is 1. The van der Waals surface area contributed by atoms with Gasteiger partial charge in [0.25, 0.3) is 0 Å². The van der Waals surface area contributed by atoms with E-state index in [1.54, 1.807) is 18.3 Å². The van der Waals surface area contributed by atoms with E-state index in [9.17, 15) is 4.39 Å². The average molecular weight is 428 g/mol. The maximum atomic E-state index is 13.9. The zero-order valence-electron chi connectivity index (χ0n) is 16.2. The van der Waals surface area contributed by atoms with E-state index in [-0.39, 0.29) is 10.6 Å². The van der Waals surface area contributed by atoms with Crippen LogP contribution in [0.1, 0.15) is 36.2 Å². The van der Waals surface area contributed by atoms with E-state index in [4.69, 9.17) is 21.6 Å². The summed E-state index contributed by atoms with van der Waals surface area (Å²) in [6.07, 6.45) is 3.64. The number of nitriles is 1. The molecule has 7 heteroatoms. The first-order valence-electron chi connectivity index (χ1n) is 8.84. The Hall–Kier alpha value is -2.62. The van der Waals surface area contributed by atoms with E-state index in [2.05, 4.69) is 9.97 Å². The third-order valence-corrected chi connectivity index (χ3v) is 5.54. The molecule has 0 aliphatic carbocycles. The number of hydrogen-bond donors (Lipinski definition) is 0. The lowest BCUT2D eigenvalue weighted by molar-refractivity contribution is 0.300. The Balaban J connectivity index is 1.78. The van der Waals surface area contributed by atoms with Gasteiger partial charge in [-0.3, -0.25) is 0 Å². The molecule has 0 saturated carbocycles. The molecule has 0 aliphatic rings. The van der Waals surface area contributed by atoms with Crippen LogP contribution in [0.5, 0.6) is 5.75 Å². The lowest BCUT2D eigenvalue weighted by atomic mass is 9.77. The molecule has 4 nitrogen and oxygen atoms in total. The third kappa shape index (κ3) is 4.69. The topological polar surface area (TPSA) is 58.8 Å². The Morgan fingerprint density at radius 2 is 1.90 bits per heavy atom. The van der Waals surface area contributed by atoms with Gasteiger partial charge in [-0.1, -0.05) is 49.3 Å². The Labute approximate surface area is 178 Å². The predicted molar refractivity (Wildman–Crippen MR) is 113 cm³/mol. The van der Waals surface area contributed by atoms with Crippen molar-refractivity contribution in [3.8, 4) is 11.8 Å². The first-order valence-corrected chi connectivity index (χ1v) is 10.4. The van der Waals surface area contributed by atoms with Crippen LogP contribution in [0.15, 0.2) is 53.8 Å². The largest absolute Gasteiger partial charge is 0.487 e. The molecule has 1 heterocycles. The van der Waals surface area contributed by atoms with Gasteiger partial charge in [0, 0.05) is 11.6 Å². The summed E-state index contributed by atoms with van der Waals surface area (Å²) in [5, 5.41) is 9.80. The van der Waals surface area contributed by atoms with Gasteiger partial charge in [0.15, 0.2) is 11.0 Å². The van der Waals surface area contributed by atoms with Crippen molar-refractivity contribution >= 4 is 23.4 Å². The van der Waals surface area contributed by atoms with Crippen molar-refractivity contribution in [3.05, 3.63) is 81.9 Å². The molecule has 0 fully saturated rings. The van der Waals surface area contributed by atoms with Crippen LogP contribution in [0, 0.1) is 17.1 Å². The Bertz CT molecular complexity index is 1060. The van der Waals surface area contributed by atoms with E-state index in [0.717, 1.165) is 16.8 Å². The molecule has 0 radical (unpaired) electrons. The van der Waals surface area contributed by atoms with Crippen LogP contribution in [0.2, 0.25) is 5.02 Å². The second kappa shape index (κ2) is 8.81. The standard InChI is InChI=1S/C22H19ClFN3OS/c1-22(2,16-10-14(12-25)20(24)19(23)11-16)15-4-6-18(7-5-15)28-13-17-8-9-26-21(27-17)29-3/h4-11H,13H2,1-3H3. The number of nitrogens with zero attached hydrogens (tertiary/aromatic N) is 3. The van der Waals surface area contributed by atoms with Crippen LogP contribution in [0.4, 0.5) is 4.39 Å². The maximum absolute atomic E-state index is 13.9. The first kappa shape index (κ1) is 21.1. The minimum atomic E-state index is -0.688. The summed E-state index contributed by atoms with van der Waals surface area (Å²) in [5.74, 6) is 0.0236. The van der Waals surface area contributed by atoms with Gasteiger partial charge in [-0.25, -0.2) is 14.4 Å². The van der Waals surface area contributed by atoms with Gasteiger partial charge in [0.1, 0.15) is 18.4 Å². The van der Waals surface area contributed by atoms with Gasteiger partial charge in [0.2, 0.25) is 0 Å². The van der Waals surface area contributed by atoms with Crippen molar-refractivity contribution < 1.29 is 9.13 Å². The molecule has 2 aromatic carbocycles. The van der Waals surface area contributed by atoms with Crippen molar-refractivity contribution in [2.24, 2.45) is 0 Å². The number of aromatic nitrogens is 2. The Kier molecular flexibility index (Phi) is 6.41. The monoisotopic (exact) mass is 427 g/mol. The molecular weight excluding hydrogens is 409 g/mol. The molecule has 1 aromatic heterocycles. The summed E-state index contributed by atoms with van der Waals surface area (Å²) in [6, 6.07) is 14.5. The highest BCUT2D eigenvalue weighted by molar-refractivity contribution is 7.98. The van der Waals surface area contributed by atoms with Gasteiger partial charge in [-0.05, 0) is 47.7 Å². The van der Waals surface area contributed by atoms with Crippen molar-refractivity contribution in [2.75, 3.05) is 6.26 Å². The summed E-state index contributed by atoms with van der Waals surface area (Å²) in [5.41, 5.74) is 2.03. The number of thioether (sulfide) groups is 1. The molecular formula is C22H19ClFN3OS. The van der Waals surface area contributed by atoms with Crippen molar-refractivity contribution in [1.82, 2.24) is 9.97 Å². The van der Waals surface area contributed by atoms with Crippen molar-refractivity contribution in [1.29, 1.82) is 5.26 Å². The smallest absolute Gasteiger partial charge is 0.187 e. The summed E-state index contributed by atoms with van der Waals surface area (Å²) in [7, 11) is 0. The molecule has 0 bridgehead atoms. The second-order valence-corrected chi connectivity index (χ2v) is 8.08. The van der Waals surface area contributed by atoms with Crippen LogP contribution < -0.4 is 4.74 Å². The third-order valence-electron chi connectivity index (χ3n) is 4.71. The molecule has 148 valence electrons. The van der Waals surface area contributed by atoms with Gasteiger partial charge < -0.3 is 4.74 Å². The fourth-order valence-electron chi connectivity index (χ4n) is 2.88. The van der Waals surface area contributed by atoms with Crippen molar-refractivity contribution in [3.63, 3.8) is 0 Å². The Morgan fingerprint density at radius 1 is 1.17 bits per heavy atom. The second-order valence-electron chi connectivity index (χ2n) is 6.90. The molecule has 0 unspecified atom stereocenters. The molecule has 0 atom stereocenters. The zero-order valence-corrected chi connectivity index (χ0v) is 17.8. The quantitative estimate of drug-likeness (QED) is 0.369. The van der Waals surface area contributed by atoms with Gasteiger partial charge in [0.05, 0.1) is 16.3 Å². The molecule has 0 spiro atoms. The van der Waals surface area contributed by atoms with E-state index in [1.807, 2.05) is 56.5 Å². The van der Waals surface area contributed by atoms with E-state index in [1.165, 1.54) is 11.8 Å². The highest BCUT2D eigenvalue weighted by atomic mass is 35.5. The number of hydrogen-bond acceptors (Lipinski definition) is 5. The summed E-state index contributed by atoms with van der Waals surface area (Å²) in [4.78, 5) is 8.54. The van der Waals surface area contributed by atoms with E-state index < -0.39 is 11.2 Å². The molecule has 0 aliphatic heterocycles. The number of benzene rings is 2. The van der Waals surface area contributed by atoms with Crippen LogP contribution in [0.3, 0.4) is 0 Å². The van der Waals surface area contributed by atoms with Gasteiger partial charge in [-0.15, -0.1) is 0 Å². The highest BCUT2D eigenvalue weighted by Crippen LogP contribution is 2.35. The highest BCUT2D eigenvalue weighted by Gasteiger charge is 2.25. The minimum absolute atomic E-state index is 0.0541. The van der Waals surface area contributed by atoms with Gasteiger partial charge in [-0.2, -0.15) is 5.26 Å². The van der Waals surface area contributed by atoms with Crippen LogP contribution in [0.25, 0.3) is 0 Å². The SMILES string of the molecule is CSc1nccc(COc2ccc(C(C)(C)c3cc(Cl)c(F)c(C#N)c3)cc2)n1. The number of halogens is 2. The molecule has 0 N–H and O–H groups in total. The van der Waals surface area contributed by atoms with Crippen molar-refractivity contribution in [2.45, 2.75) is 31.0 Å². The average Bonchev–Trinajstić information content (AvgIpc) is 2.74. The lowest BCUT2D eigenvalue weighted by Gasteiger charge is -2.27. The normalized spacial score (nSPS) is 11.2. The Morgan fingerprint density at radius 3 is 2.55 bits per heavy atom. The molecule has 0 saturated heterocycles. The molecule has 3 aromatic rings. The molecule has 0 amide bonds. The van der Waals surface area contributed by atoms with Gasteiger partial charge >= 0.3 is 0 Å². The molecule has 3 rings (SSSR count). The predicted octanol–water partition coefficient (Wildman–Crippen LogP) is 5.77. The van der Waals surface area contributed by atoms with Crippen LogP contribution in [-0.2, 0) is 12.0 Å². The zero-order chi connectivity index (χ0) is 21.0. The maximum Gasteiger partial charge on any atom is 0.187 e. The van der Waals surface area contributed by atoms with E-state index >= 15 is 0 Å². The fraction of sp³-hybridized carbons (Fsp3) is 0.227. The number of rotatable bonds is 6. The fourth-order valence-corrected chi connectivity index (χ4v) is 3.47.